The molecule has 1 atom stereocenters. The maximum atomic E-state index is 9.94. The van der Waals surface area contributed by atoms with Gasteiger partial charge in [0.25, 0.3) is 0 Å². The van der Waals surface area contributed by atoms with E-state index < -0.39 is 6.10 Å². The number of benzene rings is 1. The second-order valence-corrected chi connectivity index (χ2v) is 7.93. The number of nitriles is 1. The molecule has 0 saturated carbocycles. The number of thioether (sulfide) groups is 2. The predicted molar refractivity (Wildman–Crippen MR) is 89.7 cm³/mol. The van der Waals surface area contributed by atoms with Crippen LogP contribution >= 0.6 is 34.9 Å². The Morgan fingerprint density at radius 1 is 1.27 bits per heavy atom. The summed E-state index contributed by atoms with van der Waals surface area (Å²) in [5.41, 5.74) is 0.584. The van der Waals surface area contributed by atoms with Crippen LogP contribution < -0.4 is 4.74 Å². The molecule has 1 aromatic heterocycles. The van der Waals surface area contributed by atoms with Crippen LogP contribution in [0, 0.1) is 11.3 Å². The number of nitrogens with zero attached hydrogens (tertiary/aromatic N) is 3. The van der Waals surface area contributed by atoms with Crippen molar-refractivity contribution in [1.82, 2.24) is 10.2 Å². The lowest BCUT2D eigenvalue weighted by molar-refractivity contribution is 0.126. The molecule has 1 unspecified atom stereocenters. The fraction of sp³-hybridized carbons (Fsp3) is 0.357. The summed E-state index contributed by atoms with van der Waals surface area (Å²) in [5.74, 6) is 2.11. The van der Waals surface area contributed by atoms with E-state index >= 15 is 0 Å². The van der Waals surface area contributed by atoms with Gasteiger partial charge in [0.2, 0.25) is 0 Å². The molecule has 0 spiro atoms. The van der Waals surface area contributed by atoms with Crippen molar-refractivity contribution in [3.8, 4) is 11.8 Å². The predicted octanol–water partition coefficient (Wildman–Crippen LogP) is 3.05. The molecule has 116 valence electrons. The summed E-state index contributed by atoms with van der Waals surface area (Å²) in [6.45, 7) is 2.28. The quantitative estimate of drug-likeness (QED) is 0.731. The molecule has 1 heterocycles. The van der Waals surface area contributed by atoms with Gasteiger partial charge in [-0.2, -0.15) is 5.26 Å². The molecule has 22 heavy (non-hydrogen) atoms. The van der Waals surface area contributed by atoms with Crippen LogP contribution in [0.5, 0.6) is 5.75 Å². The van der Waals surface area contributed by atoms with Crippen LogP contribution in [0.3, 0.4) is 0 Å². The van der Waals surface area contributed by atoms with E-state index in [-0.39, 0.29) is 6.61 Å². The van der Waals surface area contributed by atoms with Gasteiger partial charge in [0.15, 0.2) is 8.68 Å². The van der Waals surface area contributed by atoms with Gasteiger partial charge in [-0.3, -0.25) is 0 Å². The monoisotopic (exact) mass is 353 g/mol. The van der Waals surface area contributed by atoms with Gasteiger partial charge >= 0.3 is 0 Å². The second-order valence-electron chi connectivity index (χ2n) is 4.18. The molecule has 0 amide bonds. The number of aliphatic hydroxyl groups is 1. The first-order valence-electron chi connectivity index (χ1n) is 6.61. The normalized spacial score (nSPS) is 11.9. The van der Waals surface area contributed by atoms with Gasteiger partial charge < -0.3 is 9.84 Å². The summed E-state index contributed by atoms with van der Waals surface area (Å²) >= 11 is 4.68. The summed E-state index contributed by atoms with van der Waals surface area (Å²) in [5, 5.41) is 26.8. The van der Waals surface area contributed by atoms with Gasteiger partial charge in [-0.15, -0.1) is 10.2 Å². The average molecular weight is 353 g/mol. The molecule has 0 bridgehead atoms. The highest BCUT2D eigenvalue weighted by molar-refractivity contribution is 8.03. The topological polar surface area (TPSA) is 79.0 Å². The van der Waals surface area contributed by atoms with E-state index in [1.54, 1.807) is 36.0 Å². The molecule has 0 aliphatic rings. The zero-order chi connectivity index (χ0) is 15.8. The van der Waals surface area contributed by atoms with Gasteiger partial charge in [-0.25, -0.2) is 0 Å². The van der Waals surface area contributed by atoms with Crippen LogP contribution in [0.1, 0.15) is 12.5 Å². The van der Waals surface area contributed by atoms with Crippen LogP contribution in [-0.4, -0.2) is 39.5 Å². The molecule has 1 N–H and O–H groups in total. The van der Waals surface area contributed by atoms with E-state index in [9.17, 15) is 5.11 Å². The van der Waals surface area contributed by atoms with Crippen LogP contribution in [0.15, 0.2) is 32.9 Å². The molecule has 0 aliphatic carbocycles. The van der Waals surface area contributed by atoms with Crippen molar-refractivity contribution in [3.63, 3.8) is 0 Å². The van der Waals surface area contributed by atoms with Gasteiger partial charge in [-0.1, -0.05) is 41.8 Å². The number of aromatic nitrogens is 2. The summed E-state index contributed by atoms with van der Waals surface area (Å²) in [4.78, 5) is 0. The third-order valence-corrected chi connectivity index (χ3v) is 5.70. The fourth-order valence-electron chi connectivity index (χ4n) is 1.47. The molecule has 0 aliphatic heterocycles. The Kier molecular flexibility index (Phi) is 6.99. The third-order valence-electron chi connectivity index (χ3n) is 2.48. The first kappa shape index (κ1) is 17.1. The molecule has 2 rings (SSSR count). The van der Waals surface area contributed by atoms with Crippen molar-refractivity contribution < 1.29 is 9.84 Å². The highest BCUT2D eigenvalue weighted by Crippen LogP contribution is 2.28. The van der Waals surface area contributed by atoms with E-state index in [0.29, 0.717) is 17.1 Å². The fourth-order valence-corrected chi connectivity index (χ4v) is 4.32. The average Bonchev–Trinajstić information content (AvgIpc) is 2.99. The Hall–Kier alpha value is -1.27. The molecule has 1 aromatic carbocycles. The first-order chi connectivity index (χ1) is 10.7. The molecular weight excluding hydrogens is 338 g/mol. The zero-order valence-corrected chi connectivity index (χ0v) is 14.4. The van der Waals surface area contributed by atoms with Crippen molar-refractivity contribution in [2.45, 2.75) is 21.7 Å². The first-order valence-corrected chi connectivity index (χ1v) is 9.40. The Labute approximate surface area is 141 Å². The summed E-state index contributed by atoms with van der Waals surface area (Å²) in [7, 11) is 0. The van der Waals surface area contributed by atoms with Crippen molar-refractivity contribution in [3.05, 3.63) is 29.8 Å². The number of aliphatic hydroxyl groups excluding tert-OH is 1. The van der Waals surface area contributed by atoms with Gasteiger partial charge in [0, 0.05) is 5.75 Å². The van der Waals surface area contributed by atoms with Crippen LogP contribution in [0.2, 0.25) is 0 Å². The Morgan fingerprint density at radius 2 is 1.95 bits per heavy atom. The molecule has 0 saturated heterocycles. The zero-order valence-electron chi connectivity index (χ0n) is 11.9. The van der Waals surface area contributed by atoms with E-state index in [2.05, 4.69) is 17.1 Å². The van der Waals surface area contributed by atoms with Crippen molar-refractivity contribution in [1.29, 1.82) is 5.26 Å². The van der Waals surface area contributed by atoms with Crippen molar-refractivity contribution in [2.24, 2.45) is 0 Å². The molecular formula is C14H15N3O2S3. The van der Waals surface area contributed by atoms with Gasteiger partial charge in [-0.05, 0) is 30.0 Å². The van der Waals surface area contributed by atoms with E-state index in [1.165, 1.54) is 23.1 Å². The second kappa shape index (κ2) is 9.00. The molecule has 5 nitrogen and oxygen atoms in total. The minimum atomic E-state index is -0.591. The maximum absolute atomic E-state index is 9.94. The smallest absolute Gasteiger partial charge is 0.175 e. The van der Waals surface area contributed by atoms with E-state index in [4.69, 9.17) is 10.00 Å². The molecule has 8 heteroatoms. The summed E-state index contributed by atoms with van der Waals surface area (Å²) in [6.07, 6.45) is -0.591. The minimum absolute atomic E-state index is 0.203. The van der Waals surface area contributed by atoms with Gasteiger partial charge in [0.1, 0.15) is 12.4 Å². The standard InChI is InChI=1S/C14H15N3O2S3/c1-2-20-13-16-17-14(22-13)21-9-11(18)8-19-12-5-3-10(7-15)4-6-12/h3-6,11,18H,2,8-9H2,1H3. The number of hydrogen-bond acceptors (Lipinski definition) is 8. The largest absolute Gasteiger partial charge is 0.491 e. The minimum Gasteiger partial charge on any atom is -0.491 e. The molecule has 0 fully saturated rings. The lowest BCUT2D eigenvalue weighted by Gasteiger charge is -2.11. The SMILES string of the molecule is CCSc1nnc(SCC(O)COc2ccc(C#N)cc2)s1. The highest BCUT2D eigenvalue weighted by Gasteiger charge is 2.10. The highest BCUT2D eigenvalue weighted by atomic mass is 32.2. The molecule has 2 aromatic rings. The van der Waals surface area contributed by atoms with Crippen LogP contribution in [-0.2, 0) is 0 Å². The van der Waals surface area contributed by atoms with Gasteiger partial charge in [0.05, 0.1) is 17.7 Å². The molecule has 0 radical (unpaired) electrons. The van der Waals surface area contributed by atoms with E-state index in [1.807, 2.05) is 6.07 Å². The number of hydrogen-bond donors (Lipinski definition) is 1. The van der Waals surface area contributed by atoms with E-state index in [0.717, 1.165) is 14.4 Å². The summed E-state index contributed by atoms with van der Waals surface area (Å²) < 4.78 is 7.30. The van der Waals surface area contributed by atoms with Crippen LogP contribution in [0.4, 0.5) is 0 Å². The van der Waals surface area contributed by atoms with Crippen molar-refractivity contribution >= 4 is 34.9 Å². The number of rotatable bonds is 8. The Balaban J connectivity index is 1.72. The Morgan fingerprint density at radius 3 is 2.59 bits per heavy atom. The summed E-state index contributed by atoms with van der Waals surface area (Å²) in [6, 6.07) is 8.86. The third kappa shape index (κ3) is 5.50. The van der Waals surface area contributed by atoms with Crippen molar-refractivity contribution in [2.75, 3.05) is 18.1 Å². The number of ether oxygens (including phenoxy) is 1. The maximum Gasteiger partial charge on any atom is 0.175 e. The van der Waals surface area contributed by atoms with Crippen LogP contribution in [0.25, 0.3) is 0 Å². The Bertz CT molecular complexity index is 625. The lowest BCUT2D eigenvalue weighted by atomic mass is 10.2. The lowest BCUT2D eigenvalue weighted by Crippen LogP contribution is -2.20.